The molecule has 1 aliphatic carbocycles. The van der Waals surface area contributed by atoms with Gasteiger partial charge in [-0.3, -0.25) is 9.69 Å². The summed E-state index contributed by atoms with van der Waals surface area (Å²) < 4.78 is 5.25. The topological polar surface area (TPSA) is 67.6 Å². The van der Waals surface area contributed by atoms with Crippen LogP contribution in [0.15, 0.2) is 0 Å². The van der Waals surface area contributed by atoms with Gasteiger partial charge in [0.25, 0.3) is 0 Å². The van der Waals surface area contributed by atoms with Crippen molar-refractivity contribution >= 4 is 5.91 Å². The largest absolute Gasteiger partial charge is 0.381 e. The van der Waals surface area contributed by atoms with Gasteiger partial charge < -0.3 is 15.8 Å². The molecule has 2 aliphatic rings. The molecule has 0 unspecified atom stereocenters. The Morgan fingerprint density at radius 1 is 1.44 bits per heavy atom. The third-order valence-corrected chi connectivity index (χ3v) is 3.99. The van der Waals surface area contributed by atoms with Crippen molar-refractivity contribution in [1.29, 1.82) is 0 Å². The van der Waals surface area contributed by atoms with Crippen molar-refractivity contribution in [3.8, 4) is 0 Å². The van der Waals surface area contributed by atoms with Gasteiger partial charge in [-0.2, -0.15) is 0 Å². The fraction of sp³-hybridized carbons (Fsp3) is 0.923. The number of hydrogen-bond acceptors (Lipinski definition) is 4. The highest BCUT2D eigenvalue weighted by Crippen LogP contribution is 2.25. The van der Waals surface area contributed by atoms with Crippen LogP contribution in [0.25, 0.3) is 0 Å². The molecule has 3 N–H and O–H groups in total. The molecule has 0 atom stereocenters. The van der Waals surface area contributed by atoms with Gasteiger partial charge in [0.15, 0.2) is 0 Å². The fourth-order valence-electron chi connectivity index (χ4n) is 2.49. The lowest BCUT2D eigenvalue weighted by Gasteiger charge is -2.32. The predicted octanol–water partition coefficient (Wildman–Crippen LogP) is 0.0948. The van der Waals surface area contributed by atoms with Gasteiger partial charge in [-0.1, -0.05) is 6.92 Å². The number of ether oxygens (including phenoxy) is 1. The summed E-state index contributed by atoms with van der Waals surface area (Å²) in [5.74, 6) is -0.0161. The number of carbonyl (C=O) groups excluding carboxylic acids is 1. The van der Waals surface area contributed by atoms with Gasteiger partial charge in [-0.15, -0.1) is 0 Å². The number of carbonyl (C=O) groups is 1. The summed E-state index contributed by atoms with van der Waals surface area (Å²) in [5.41, 5.74) is 5.41. The highest BCUT2D eigenvalue weighted by molar-refractivity contribution is 5.86. The molecule has 0 aromatic rings. The van der Waals surface area contributed by atoms with Crippen LogP contribution >= 0.6 is 0 Å². The van der Waals surface area contributed by atoms with Gasteiger partial charge in [-0.05, 0) is 32.2 Å². The molecule has 1 amide bonds. The SMILES string of the molecule is CCN(CCNC(=O)C1(N)CCOCC1)C1CC1. The van der Waals surface area contributed by atoms with E-state index in [0.717, 1.165) is 19.1 Å². The van der Waals surface area contributed by atoms with Crippen molar-refractivity contribution in [2.45, 2.75) is 44.2 Å². The van der Waals surface area contributed by atoms with Crippen LogP contribution in [0.4, 0.5) is 0 Å². The Morgan fingerprint density at radius 2 is 2.11 bits per heavy atom. The van der Waals surface area contributed by atoms with Crippen LogP contribution in [0, 0.1) is 0 Å². The Kier molecular flexibility index (Phi) is 4.59. The maximum absolute atomic E-state index is 12.1. The number of rotatable bonds is 6. The summed E-state index contributed by atoms with van der Waals surface area (Å²) in [7, 11) is 0. The van der Waals surface area contributed by atoms with Crippen molar-refractivity contribution < 1.29 is 9.53 Å². The van der Waals surface area contributed by atoms with E-state index in [2.05, 4.69) is 17.1 Å². The van der Waals surface area contributed by atoms with E-state index in [1.807, 2.05) is 0 Å². The van der Waals surface area contributed by atoms with Gasteiger partial charge in [0.05, 0.1) is 5.54 Å². The number of amides is 1. The van der Waals surface area contributed by atoms with E-state index in [0.29, 0.717) is 32.6 Å². The summed E-state index contributed by atoms with van der Waals surface area (Å²) in [6.45, 7) is 6.04. The Labute approximate surface area is 109 Å². The summed E-state index contributed by atoms with van der Waals surface area (Å²) in [5, 5.41) is 2.98. The van der Waals surface area contributed by atoms with Crippen molar-refractivity contribution in [2.75, 3.05) is 32.8 Å². The van der Waals surface area contributed by atoms with Crippen LogP contribution in [0.3, 0.4) is 0 Å². The van der Waals surface area contributed by atoms with Crippen LogP contribution in [0.2, 0.25) is 0 Å². The van der Waals surface area contributed by atoms with Crippen molar-refractivity contribution in [3.05, 3.63) is 0 Å². The minimum atomic E-state index is -0.713. The zero-order chi connectivity index (χ0) is 13.0. The number of hydrogen-bond donors (Lipinski definition) is 2. The lowest BCUT2D eigenvalue weighted by Crippen LogP contribution is -2.57. The van der Waals surface area contributed by atoms with Crippen LogP contribution in [-0.2, 0) is 9.53 Å². The number of nitrogens with two attached hydrogens (primary N) is 1. The minimum absolute atomic E-state index is 0.0161. The van der Waals surface area contributed by atoms with Gasteiger partial charge in [0.2, 0.25) is 5.91 Å². The molecule has 104 valence electrons. The monoisotopic (exact) mass is 255 g/mol. The van der Waals surface area contributed by atoms with E-state index in [-0.39, 0.29) is 5.91 Å². The molecule has 2 fully saturated rings. The molecule has 0 spiro atoms. The van der Waals surface area contributed by atoms with Crippen LogP contribution < -0.4 is 11.1 Å². The summed E-state index contributed by atoms with van der Waals surface area (Å²) in [6.07, 6.45) is 3.86. The lowest BCUT2D eigenvalue weighted by molar-refractivity contribution is -0.129. The Balaban J connectivity index is 1.70. The highest BCUT2D eigenvalue weighted by Gasteiger charge is 2.35. The predicted molar refractivity (Wildman–Crippen MR) is 70.3 cm³/mol. The summed E-state index contributed by atoms with van der Waals surface area (Å²) in [4.78, 5) is 14.5. The molecule has 0 radical (unpaired) electrons. The normalized spacial score (nSPS) is 23.1. The first-order chi connectivity index (χ1) is 8.65. The molecule has 1 saturated carbocycles. The molecular weight excluding hydrogens is 230 g/mol. The van der Waals surface area contributed by atoms with Gasteiger partial charge in [0, 0.05) is 32.3 Å². The Morgan fingerprint density at radius 3 is 2.67 bits per heavy atom. The van der Waals surface area contributed by atoms with Crippen molar-refractivity contribution in [1.82, 2.24) is 10.2 Å². The zero-order valence-electron chi connectivity index (χ0n) is 11.3. The molecular formula is C13H25N3O2. The molecule has 2 rings (SSSR count). The first-order valence-electron chi connectivity index (χ1n) is 7.05. The molecule has 0 bridgehead atoms. The molecule has 1 saturated heterocycles. The maximum atomic E-state index is 12.1. The average Bonchev–Trinajstić information content (AvgIpc) is 3.19. The van der Waals surface area contributed by atoms with E-state index >= 15 is 0 Å². The van der Waals surface area contributed by atoms with E-state index < -0.39 is 5.54 Å². The van der Waals surface area contributed by atoms with Gasteiger partial charge in [0.1, 0.15) is 0 Å². The second-order valence-corrected chi connectivity index (χ2v) is 5.38. The molecule has 0 aromatic carbocycles. The lowest BCUT2D eigenvalue weighted by atomic mass is 9.90. The quantitative estimate of drug-likeness (QED) is 0.706. The molecule has 5 nitrogen and oxygen atoms in total. The van der Waals surface area contributed by atoms with Crippen LogP contribution in [0.5, 0.6) is 0 Å². The van der Waals surface area contributed by atoms with E-state index in [4.69, 9.17) is 10.5 Å². The maximum Gasteiger partial charge on any atom is 0.240 e. The van der Waals surface area contributed by atoms with Crippen molar-refractivity contribution in [2.24, 2.45) is 5.73 Å². The molecule has 1 heterocycles. The summed E-state index contributed by atoms with van der Waals surface area (Å²) >= 11 is 0. The Hall–Kier alpha value is -0.650. The first kappa shape index (κ1) is 13.8. The smallest absolute Gasteiger partial charge is 0.240 e. The molecule has 18 heavy (non-hydrogen) atoms. The second kappa shape index (κ2) is 5.99. The molecule has 0 aromatic heterocycles. The van der Waals surface area contributed by atoms with Crippen LogP contribution in [-0.4, -0.2) is 55.2 Å². The number of likely N-dealkylation sites (N-methyl/N-ethyl adjacent to an activating group) is 1. The Bertz CT molecular complexity index is 286. The summed E-state index contributed by atoms with van der Waals surface area (Å²) in [6, 6.07) is 0.752. The van der Waals surface area contributed by atoms with E-state index in [1.165, 1.54) is 12.8 Å². The first-order valence-corrected chi connectivity index (χ1v) is 7.05. The second-order valence-electron chi connectivity index (χ2n) is 5.38. The fourth-order valence-corrected chi connectivity index (χ4v) is 2.49. The molecule has 5 heteroatoms. The third-order valence-electron chi connectivity index (χ3n) is 3.99. The molecule has 1 aliphatic heterocycles. The minimum Gasteiger partial charge on any atom is -0.381 e. The zero-order valence-corrected chi connectivity index (χ0v) is 11.3. The third kappa shape index (κ3) is 3.43. The number of nitrogens with one attached hydrogen (secondary N) is 1. The average molecular weight is 255 g/mol. The van der Waals surface area contributed by atoms with Gasteiger partial charge >= 0.3 is 0 Å². The van der Waals surface area contributed by atoms with E-state index in [1.54, 1.807) is 0 Å². The standard InChI is InChI=1S/C13H25N3O2/c1-2-16(11-3-4-11)8-7-15-12(17)13(14)5-9-18-10-6-13/h11H,2-10,14H2,1H3,(H,15,17). The van der Waals surface area contributed by atoms with Gasteiger partial charge in [-0.25, -0.2) is 0 Å². The van der Waals surface area contributed by atoms with E-state index in [9.17, 15) is 4.79 Å². The van der Waals surface area contributed by atoms with Crippen LogP contribution in [0.1, 0.15) is 32.6 Å². The highest BCUT2D eigenvalue weighted by atomic mass is 16.5. The number of nitrogens with zero attached hydrogens (tertiary/aromatic N) is 1. The van der Waals surface area contributed by atoms with Crippen molar-refractivity contribution in [3.63, 3.8) is 0 Å².